The molecule has 0 atom stereocenters. The molecule has 128 valence electrons. The monoisotopic (exact) mass is 344 g/mol. The van der Waals surface area contributed by atoms with E-state index in [1.165, 1.54) is 19.3 Å². The molecule has 0 aliphatic carbocycles. The molecule has 26 heavy (non-hydrogen) atoms. The van der Waals surface area contributed by atoms with E-state index < -0.39 is 0 Å². The summed E-state index contributed by atoms with van der Waals surface area (Å²) in [6.45, 7) is 0. The third-order valence-corrected chi connectivity index (χ3v) is 4.30. The van der Waals surface area contributed by atoms with Crippen LogP contribution in [0.3, 0.4) is 0 Å². The predicted octanol–water partition coefficient (Wildman–Crippen LogP) is 5.20. The van der Waals surface area contributed by atoms with Gasteiger partial charge in [0.25, 0.3) is 0 Å². The number of methoxy groups -OCH3 is 1. The van der Waals surface area contributed by atoms with Crippen LogP contribution in [0.5, 0.6) is 11.5 Å². The van der Waals surface area contributed by atoms with Crippen LogP contribution in [0, 0.1) is 0 Å². The fourth-order valence-electron chi connectivity index (χ4n) is 2.98. The van der Waals surface area contributed by atoms with Crippen molar-refractivity contribution in [1.29, 1.82) is 0 Å². The number of phenols is 1. The highest BCUT2D eigenvalue weighted by atomic mass is 16.5. The molecule has 3 aromatic carbocycles. The molecule has 0 fully saturated rings. The maximum atomic E-state index is 12.5. The van der Waals surface area contributed by atoms with Gasteiger partial charge in [-0.05, 0) is 46.7 Å². The largest absolute Gasteiger partial charge is 0.504 e. The second-order valence-electron chi connectivity index (χ2n) is 5.94. The van der Waals surface area contributed by atoms with Crippen molar-refractivity contribution in [3.8, 4) is 11.5 Å². The normalized spacial score (nSPS) is 11.4. The summed E-state index contributed by atoms with van der Waals surface area (Å²) in [5.74, 6) is 0.459. The Bertz CT molecular complexity index is 1150. The number of ketones is 1. The highest BCUT2D eigenvalue weighted by molar-refractivity contribution is 6.11. The Hall–Kier alpha value is -3.53. The van der Waals surface area contributed by atoms with Crippen LogP contribution >= 0.6 is 0 Å². The van der Waals surface area contributed by atoms with Crippen LogP contribution in [0.2, 0.25) is 0 Å². The first-order valence-corrected chi connectivity index (χ1v) is 8.16. The van der Waals surface area contributed by atoms with Gasteiger partial charge >= 0.3 is 0 Å². The first-order chi connectivity index (χ1) is 12.7. The molecule has 1 aromatic heterocycles. The Kier molecular flexibility index (Phi) is 3.93. The average molecular weight is 344 g/mol. The molecule has 0 aliphatic rings. The number of hydrogen-bond donors (Lipinski definition) is 1. The summed E-state index contributed by atoms with van der Waals surface area (Å²) in [4.78, 5) is 12.5. The summed E-state index contributed by atoms with van der Waals surface area (Å²) in [7, 11) is 1.49. The predicted molar refractivity (Wildman–Crippen MR) is 102 cm³/mol. The van der Waals surface area contributed by atoms with E-state index in [4.69, 9.17) is 9.15 Å². The molecular weight excluding hydrogens is 328 g/mol. The number of rotatable bonds is 4. The van der Waals surface area contributed by atoms with Crippen molar-refractivity contribution >= 4 is 33.6 Å². The molecule has 0 amide bonds. The Morgan fingerprint density at radius 2 is 1.88 bits per heavy atom. The zero-order chi connectivity index (χ0) is 18.1. The number of carbonyl (C=O) groups is 1. The molecule has 0 radical (unpaired) electrons. The van der Waals surface area contributed by atoms with Crippen molar-refractivity contribution < 1.29 is 19.1 Å². The minimum absolute atomic E-state index is 0.0253. The lowest BCUT2D eigenvalue weighted by Gasteiger charge is -2.03. The second-order valence-corrected chi connectivity index (χ2v) is 5.94. The van der Waals surface area contributed by atoms with Gasteiger partial charge in [0.1, 0.15) is 5.58 Å². The minimum atomic E-state index is -0.236. The van der Waals surface area contributed by atoms with Gasteiger partial charge in [-0.3, -0.25) is 4.79 Å². The summed E-state index contributed by atoms with van der Waals surface area (Å²) in [6, 6.07) is 18.5. The van der Waals surface area contributed by atoms with E-state index in [1.807, 2.05) is 36.4 Å². The molecule has 0 spiro atoms. The molecule has 0 aliphatic heterocycles. The molecule has 1 N–H and O–H groups in total. The first-order valence-electron chi connectivity index (χ1n) is 8.16. The molecule has 0 saturated carbocycles. The Balaban J connectivity index is 1.66. The number of allylic oxidation sites excluding steroid dienone is 1. The molecule has 0 unspecified atom stereocenters. The minimum Gasteiger partial charge on any atom is -0.504 e. The lowest BCUT2D eigenvalue weighted by molar-refractivity contribution is 0.102. The SMILES string of the molecule is COc1ccc(/C=C/C(=O)c2cc3c(ccc4ccccc43)o2)cc1O. The fourth-order valence-corrected chi connectivity index (χ4v) is 2.98. The van der Waals surface area contributed by atoms with Gasteiger partial charge in [0, 0.05) is 5.39 Å². The van der Waals surface area contributed by atoms with Crippen LogP contribution in [0.4, 0.5) is 0 Å². The van der Waals surface area contributed by atoms with E-state index in [0.29, 0.717) is 16.9 Å². The van der Waals surface area contributed by atoms with Gasteiger partial charge in [-0.2, -0.15) is 0 Å². The van der Waals surface area contributed by atoms with Crippen LogP contribution < -0.4 is 4.74 Å². The fraction of sp³-hybridized carbons (Fsp3) is 0.0455. The first kappa shape index (κ1) is 16.0. The van der Waals surface area contributed by atoms with Gasteiger partial charge < -0.3 is 14.3 Å². The van der Waals surface area contributed by atoms with Crippen LogP contribution in [0.25, 0.3) is 27.8 Å². The molecule has 0 saturated heterocycles. The van der Waals surface area contributed by atoms with Crippen LogP contribution in [-0.2, 0) is 0 Å². The van der Waals surface area contributed by atoms with E-state index in [0.717, 1.165) is 16.2 Å². The van der Waals surface area contributed by atoms with E-state index in [9.17, 15) is 9.90 Å². The molecule has 0 bridgehead atoms. The summed E-state index contributed by atoms with van der Waals surface area (Å²) in [5, 5.41) is 12.9. The number of carbonyl (C=O) groups excluding carboxylic acids is 1. The van der Waals surface area contributed by atoms with Crippen molar-refractivity contribution in [1.82, 2.24) is 0 Å². The third kappa shape index (κ3) is 2.82. The van der Waals surface area contributed by atoms with Crippen molar-refractivity contribution in [2.75, 3.05) is 7.11 Å². The molecule has 4 rings (SSSR count). The number of benzene rings is 3. The standard InChI is InChI=1S/C22H16O4/c1-25-21-10-7-14(12-19(21)24)6-9-18(23)22-13-17-16-5-3-2-4-15(16)8-11-20(17)26-22/h2-13,24H,1H3/b9-6+. The van der Waals surface area contributed by atoms with Gasteiger partial charge in [-0.25, -0.2) is 0 Å². The van der Waals surface area contributed by atoms with Gasteiger partial charge in [0.15, 0.2) is 17.3 Å². The van der Waals surface area contributed by atoms with Crippen LogP contribution in [-0.4, -0.2) is 18.0 Å². The average Bonchev–Trinajstić information content (AvgIpc) is 3.11. The molecular formula is C22H16O4. The smallest absolute Gasteiger partial charge is 0.221 e. The van der Waals surface area contributed by atoms with Crippen molar-refractivity contribution in [3.05, 3.63) is 78.1 Å². The number of fused-ring (bicyclic) bond motifs is 3. The van der Waals surface area contributed by atoms with Gasteiger partial charge in [0.2, 0.25) is 5.78 Å². The Morgan fingerprint density at radius 3 is 2.69 bits per heavy atom. The zero-order valence-corrected chi connectivity index (χ0v) is 14.1. The number of aromatic hydroxyl groups is 1. The summed E-state index contributed by atoms with van der Waals surface area (Å²) < 4.78 is 10.7. The summed E-state index contributed by atoms with van der Waals surface area (Å²) >= 11 is 0. The number of phenolic OH excluding ortho intramolecular Hbond substituents is 1. The maximum Gasteiger partial charge on any atom is 0.221 e. The van der Waals surface area contributed by atoms with Gasteiger partial charge in [0.05, 0.1) is 7.11 Å². The lowest BCUT2D eigenvalue weighted by atomic mass is 10.1. The van der Waals surface area contributed by atoms with E-state index >= 15 is 0 Å². The van der Waals surface area contributed by atoms with E-state index in [1.54, 1.807) is 24.3 Å². The van der Waals surface area contributed by atoms with Gasteiger partial charge in [-0.15, -0.1) is 0 Å². The second kappa shape index (κ2) is 6.41. The third-order valence-electron chi connectivity index (χ3n) is 4.30. The van der Waals surface area contributed by atoms with E-state index in [-0.39, 0.29) is 17.3 Å². The Labute approximate surface area is 149 Å². The summed E-state index contributed by atoms with van der Waals surface area (Å²) in [5.41, 5.74) is 1.38. The number of ether oxygens (including phenoxy) is 1. The van der Waals surface area contributed by atoms with Crippen LogP contribution in [0.1, 0.15) is 16.1 Å². The lowest BCUT2D eigenvalue weighted by Crippen LogP contribution is -1.90. The van der Waals surface area contributed by atoms with E-state index in [2.05, 4.69) is 0 Å². The van der Waals surface area contributed by atoms with Crippen molar-refractivity contribution in [3.63, 3.8) is 0 Å². The van der Waals surface area contributed by atoms with Crippen LogP contribution in [0.15, 0.2) is 71.2 Å². The molecule has 4 heteroatoms. The molecule has 1 heterocycles. The maximum absolute atomic E-state index is 12.5. The van der Waals surface area contributed by atoms with Gasteiger partial charge in [-0.1, -0.05) is 42.5 Å². The highest BCUT2D eigenvalue weighted by Gasteiger charge is 2.12. The molecule has 4 aromatic rings. The zero-order valence-electron chi connectivity index (χ0n) is 14.1. The van der Waals surface area contributed by atoms with Crippen molar-refractivity contribution in [2.45, 2.75) is 0 Å². The quantitative estimate of drug-likeness (QED) is 0.408. The molecule has 4 nitrogen and oxygen atoms in total. The summed E-state index contributed by atoms with van der Waals surface area (Å²) in [6.07, 6.45) is 3.06. The number of hydrogen-bond acceptors (Lipinski definition) is 4. The Morgan fingerprint density at radius 1 is 1.04 bits per heavy atom. The van der Waals surface area contributed by atoms with Crippen molar-refractivity contribution in [2.24, 2.45) is 0 Å². The highest BCUT2D eigenvalue weighted by Crippen LogP contribution is 2.29. The number of furan rings is 1. The topological polar surface area (TPSA) is 59.7 Å².